The lowest BCUT2D eigenvalue weighted by Gasteiger charge is -2.42. The molecule has 2 rings (SSSR count). The van der Waals surface area contributed by atoms with Crippen molar-refractivity contribution >= 4 is 23.3 Å². The number of ether oxygens (including phenoxy) is 1. The van der Waals surface area contributed by atoms with Crippen LogP contribution in [0.4, 0.5) is 5.82 Å². The van der Waals surface area contributed by atoms with E-state index < -0.39 is 0 Å². The van der Waals surface area contributed by atoms with Crippen LogP contribution in [0.3, 0.4) is 0 Å². The molecule has 0 bridgehead atoms. The van der Waals surface area contributed by atoms with Crippen LogP contribution in [0.1, 0.15) is 26.3 Å². The number of nitrogens with two attached hydrogens (primary N) is 1. The van der Waals surface area contributed by atoms with Gasteiger partial charge in [0.25, 0.3) is 0 Å². The summed E-state index contributed by atoms with van der Waals surface area (Å²) in [4.78, 5) is 6.42. The Bertz CT molecular complexity index is 503. The molecule has 1 saturated heterocycles. The summed E-state index contributed by atoms with van der Waals surface area (Å²) in [7, 11) is 0. The Morgan fingerprint density at radius 3 is 2.89 bits per heavy atom. The first-order valence-electron chi connectivity index (χ1n) is 6.22. The lowest BCUT2D eigenvalue weighted by Crippen LogP contribution is -2.52. The van der Waals surface area contributed by atoms with Crippen molar-refractivity contribution in [2.75, 3.05) is 18.0 Å². The minimum atomic E-state index is -0.255. The highest BCUT2D eigenvalue weighted by atomic mass is 35.5. The summed E-state index contributed by atoms with van der Waals surface area (Å²) >= 11 is 6.31. The normalized spacial score (nSPS) is 22.3. The molecule has 1 unspecified atom stereocenters. The Labute approximate surface area is 118 Å². The zero-order valence-electron chi connectivity index (χ0n) is 11.4. The fourth-order valence-electron chi connectivity index (χ4n) is 2.48. The minimum absolute atomic E-state index is 0.0470. The van der Waals surface area contributed by atoms with Gasteiger partial charge in [-0.2, -0.15) is 0 Å². The lowest BCUT2D eigenvalue weighted by atomic mass is 10.1. The number of amidine groups is 1. The first-order chi connectivity index (χ1) is 8.80. The molecule has 1 aliphatic rings. The van der Waals surface area contributed by atoms with Crippen molar-refractivity contribution in [2.24, 2.45) is 5.73 Å². The van der Waals surface area contributed by atoms with Gasteiger partial charge >= 0.3 is 0 Å². The number of aromatic nitrogens is 1. The van der Waals surface area contributed by atoms with Gasteiger partial charge in [0.15, 0.2) is 0 Å². The third kappa shape index (κ3) is 2.98. The van der Waals surface area contributed by atoms with Gasteiger partial charge in [-0.05, 0) is 26.8 Å². The molecule has 2 heterocycles. The van der Waals surface area contributed by atoms with Gasteiger partial charge in [0.1, 0.15) is 11.7 Å². The smallest absolute Gasteiger partial charge is 0.148 e. The molecule has 0 amide bonds. The number of halogens is 1. The third-order valence-electron chi connectivity index (χ3n) is 3.03. The molecule has 1 aromatic heterocycles. The second-order valence-electron chi connectivity index (χ2n) is 5.48. The van der Waals surface area contributed by atoms with Crippen molar-refractivity contribution in [1.29, 1.82) is 5.41 Å². The van der Waals surface area contributed by atoms with Gasteiger partial charge in [-0.3, -0.25) is 5.41 Å². The highest BCUT2D eigenvalue weighted by molar-refractivity contribution is 6.36. The first kappa shape index (κ1) is 14.1. The lowest BCUT2D eigenvalue weighted by molar-refractivity contribution is -0.0751. The van der Waals surface area contributed by atoms with E-state index in [-0.39, 0.29) is 17.5 Å². The van der Waals surface area contributed by atoms with E-state index in [4.69, 9.17) is 27.5 Å². The monoisotopic (exact) mass is 282 g/mol. The van der Waals surface area contributed by atoms with Crippen LogP contribution in [0.15, 0.2) is 12.3 Å². The molecule has 104 valence electrons. The summed E-state index contributed by atoms with van der Waals surface area (Å²) in [5.74, 6) is 0.617. The topological polar surface area (TPSA) is 75.2 Å². The van der Waals surface area contributed by atoms with Crippen LogP contribution in [0.2, 0.25) is 5.02 Å². The molecule has 0 radical (unpaired) electrons. The highest BCUT2D eigenvalue weighted by Crippen LogP contribution is 2.31. The number of nitrogen functional groups attached to an aromatic ring is 1. The second-order valence-corrected chi connectivity index (χ2v) is 5.86. The fourth-order valence-corrected chi connectivity index (χ4v) is 2.81. The predicted molar refractivity (Wildman–Crippen MR) is 77.1 cm³/mol. The zero-order chi connectivity index (χ0) is 14.2. The molecule has 19 heavy (non-hydrogen) atoms. The van der Waals surface area contributed by atoms with Crippen molar-refractivity contribution in [2.45, 2.75) is 32.5 Å². The van der Waals surface area contributed by atoms with E-state index >= 15 is 0 Å². The fraction of sp³-hybridized carbons (Fsp3) is 0.538. The number of nitrogens with zero attached hydrogens (tertiary/aromatic N) is 2. The van der Waals surface area contributed by atoms with Crippen LogP contribution in [0.5, 0.6) is 0 Å². The largest absolute Gasteiger partial charge is 0.384 e. The number of hydrogen-bond acceptors (Lipinski definition) is 4. The van der Waals surface area contributed by atoms with Gasteiger partial charge in [0, 0.05) is 24.8 Å². The zero-order valence-corrected chi connectivity index (χ0v) is 12.2. The third-order valence-corrected chi connectivity index (χ3v) is 3.40. The maximum absolute atomic E-state index is 7.53. The van der Waals surface area contributed by atoms with E-state index in [1.165, 1.54) is 0 Å². The van der Waals surface area contributed by atoms with E-state index in [2.05, 4.69) is 9.88 Å². The van der Waals surface area contributed by atoms with Crippen LogP contribution in [-0.4, -0.2) is 35.6 Å². The Morgan fingerprint density at radius 1 is 1.63 bits per heavy atom. The second kappa shape index (κ2) is 4.98. The maximum Gasteiger partial charge on any atom is 0.148 e. The van der Waals surface area contributed by atoms with Gasteiger partial charge in [-0.25, -0.2) is 4.98 Å². The Kier molecular flexibility index (Phi) is 3.69. The Morgan fingerprint density at radius 2 is 2.32 bits per heavy atom. The van der Waals surface area contributed by atoms with Gasteiger partial charge in [0.2, 0.25) is 0 Å². The molecule has 0 aliphatic carbocycles. The van der Waals surface area contributed by atoms with Crippen LogP contribution in [-0.2, 0) is 4.74 Å². The van der Waals surface area contributed by atoms with Crippen LogP contribution < -0.4 is 10.6 Å². The van der Waals surface area contributed by atoms with E-state index in [0.29, 0.717) is 22.9 Å². The molecule has 5 nitrogen and oxygen atoms in total. The average molecular weight is 283 g/mol. The van der Waals surface area contributed by atoms with E-state index in [1.54, 1.807) is 12.3 Å². The van der Waals surface area contributed by atoms with E-state index in [0.717, 1.165) is 6.54 Å². The van der Waals surface area contributed by atoms with Crippen molar-refractivity contribution in [3.05, 3.63) is 22.8 Å². The summed E-state index contributed by atoms with van der Waals surface area (Å²) in [6, 6.07) is 1.66. The van der Waals surface area contributed by atoms with Crippen LogP contribution >= 0.6 is 11.6 Å². The van der Waals surface area contributed by atoms with Crippen molar-refractivity contribution in [1.82, 2.24) is 4.98 Å². The molecule has 1 fully saturated rings. The van der Waals surface area contributed by atoms with Crippen molar-refractivity contribution in [3.63, 3.8) is 0 Å². The molecule has 1 aliphatic heterocycles. The minimum Gasteiger partial charge on any atom is -0.384 e. The SMILES string of the molecule is CC1CN(c2nccc(C(=N)N)c2Cl)CC(C)(C)O1. The summed E-state index contributed by atoms with van der Waals surface area (Å²) in [5, 5.41) is 7.96. The number of nitrogens with one attached hydrogen (secondary N) is 1. The number of pyridine rings is 1. The maximum atomic E-state index is 7.53. The van der Waals surface area contributed by atoms with Gasteiger partial charge in [-0.1, -0.05) is 11.6 Å². The molecule has 1 atom stereocenters. The van der Waals surface area contributed by atoms with Crippen LogP contribution in [0, 0.1) is 5.41 Å². The average Bonchev–Trinajstić information content (AvgIpc) is 2.25. The molecule has 0 aromatic carbocycles. The molecule has 6 heteroatoms. The van der Waals surface area contributed by atoms with E-state index in [1.807, 2.05) is 20.8 Å². The summed E-state index contributed by atoms with van der Waals surface area (Å²) in [6.45, 7) is 7.52. The van der Waals surface area contributed by atoms with E-state index in [9.17, 15) is 0 Å². The highest BCUT2D eigenvalue weighted by Gasteiger charge is 2.33. The standard InChI is InChI=1S/C13H19ClN4O/c1-8-6-18(7-13(2,3)19-8)12-10(14)9(11(15)16)4-5-17-12/h4-5,8H,6-7H2,1-3H3,(H3,15,16). The quantitative estimate of drug-likeness (QED) is 0.643. The molecule has 1 aromatic rings. The van der Waals surface area contributed by atoms with Gasteiger partial charge in [-0.15, -0.1) is 0 Å². The van der Waals surface area contributed by atoms with Crippen molar-refractivity contribution < 1.29 is 4.74 Å². The Balaban J connectivity index is 2.36. The summed E-state index contributed by atoms with van der Waals surface area (Å²) < 4.78 is 5.86. The molecular weight excluding hydrogens is 264 g/mol. The summed E-state index contributed by atoms with van der Waals surface area (Å²) in [6.07, 6.45) is 1.73. The van der Waals surface area contributed by atoms with Crippen molar-refractivity contribution in [3.8, 4) is 0 Å². The first-order valence-corrected chi connectivity index (χ1v) is 6.59. The Hall–Kier alpha value is -1.33. The predicted octanol–water partition coefficient (Wildman–Crippen LogP) is 2.02. The number of rotatable bonds is 2. The van der Waals surface area contributed by atoms with Crippen LogP contribution in [0.25, 0.3) is 0 Å². The number of hydrogen-bond donors (Lipinski definition) is 2. The molecule has 0 saturated carbocycles. The number of morpholine rings is 1. The summed E-state index contributed by atoms with van der Waals surface area (Å²) in [5.41, 5.74) is 5.78. The molecule has 3 N–H and O–H groups in total. The van der Waals surface area contributed by atoms with Gasteiger partial charge < -0.3 is 15.4 Å². The molecule has 0 spiro atoms. The van der Waals surface area contributed by atoms with Gasteiger partial charge in [0.05, 0.1) is 16.7 Å². The number of anilines is 1. The molecular formula is C13H19ClN4O.